The van der Waals surface area contributed by atoms with E-state index in [-0.39, 0.29) is 18.3 Å². The van der Waals surface area contributed by atoms with E-state index in [1.807, 2.05) is 6.07 Å². The first kappa shape index (κ1) is 13.4. The normalized spacial score (nSPS) is 10.6. The van der Waals surface area contributed by atoms with Crippen LogP contribution in [0.15, 0.2) is 18.3 Å². The summed E-state index contributed by atoms with van der Waals surface area (Å²) in [5.41, 5.74) is 6.36. The zero-order valence-corrected chi connectivity index (χ0v) is 10.3. The minimum absolute atomic E-state index is 0.150. The lowest BCUT2D eigenvalue weighted by atomic mass is 10.2. The summed E-state index contributed by atoms with van der Waals surface area (Å²) in [5, 5.41) is 8.87. The van der Waals surface area contributed by atoms with Crippen molar-refractivity contribution in [1.82, 2.24) is 4.98 Å². The first-order chi connectivity index (χ1) is 8.06. The molecule has 0 radical (unpaired) electrons. The van der Waals surface area contributed by atoms with Crippen molar-refractivity contribution in [2.24, 2.45) is 5.73 Å². The van der Waals surface area contributed by atoms with Gasteiger partial charge in [-0.2, -0.15) is 0 Å². The Balaban J connectivity index is 2.93. The molecule has 0 spiro atoms. The number of hydrogen-bond donors (Lipinski definition) is 2. The van der Waals surface area contributed by atoms with Gasteiger partial charge in [0.1, 0.15) is 5.69 Å². The van der Waals surface area contributed by atoms with Crippen molar-refractivity contribution in [2.45, 2.75) is 26.3 Å². The third-order valence-electron chi connectivity index (χ3n) is 2.51. The van der Waals surface area contributed by atoms with Gasteiger partial charge in [0, 0.05) is 31.1 Å². The largest absolute Gasteiger partial charge is 0.396 e. The Hall–Kier alpha value is -1.62. The maximum atomic E-state index is 11.1. The van der Waals surface area contributed by atoms with Crippen LogP contribution in [0.25, 0.3) is 0 Å². The van der Waals surface area contributed by atoms with Gasteiger partial charge in [-0.3, -0.25) is 9.78 Å². The molecule has 5 heteroatoms. The second-order valence-corrected chi connectivity index (χ2v) is 4.13. The van der Waals surface area contributed by atoms with E-state index in [1.54, 1.807) is 12.3 Å². The smallest absolute Gasteiger partial charge is 0.267 e. The molecule has 5 nitrogen and oxygen atoms in total. The molecule has 94 valence electrons. The molecular formula is C12H19N3O2. The Morgan fingerprint density at radius 2 is 2.29 bits per heavy atom. The third kappa shape index (κ3) is 3.71. The number of carbonyl (C=O) groups excluding carboxylic acids is 1. The lowest BCUT2D eigenvalue weighted by molar-refractivity contribution is 0.0995. The fourth-order valence-corrected chi connectivity index (χ4v) is 1.66. The molecule has 0 bridgehead atoms. The van der Waals surface area contributed by atoms with Gasteiger partial charge in [-0.1, -0.05) is 0 Å². The fourth-order valence-electron chi connectivity index (χ4n) is 1.66. The number of carbonyl (C=O) groups is 1. The molecule has 0 aliphatic rings. The number of anilines is 1. The molecule has 3 N–H and O–H groups in total. The molecule has 1 aromatic rings. The Labute approximate surface area is 101 Å². The van der Waals surface area contributed by atoms with Crippen LogP contribution in [0, 0.1) is 0 Å². The van der Waals surface area contributed by atoms with Crippen LogP contribution in [0.1, 0.15) is 30.8 Å². The van der Waals surface area contributed by atoms with E-state index < -0.39 is 5.91 Å². The number of nitrogens with zero attached hydrogens (tertiary/aromatic N) is 2. The summed E-state index contributed by atoms with van der Waals surface area (Å²) in [7, 11) is 0. The zero-order chi connectivity index (χ0) is 12.8. The number of amides is 1. The molecule has 0 unspecified atom stereocenters. The highest BCUT2D eigenvalue weighted by Crippen LogP contribution is 2.17. The molecule has 1 aromatic heterocycles. The maximum absolute atomic E-state index is 11.1. The summed E-state index contributed by atoms with van der Waals surface area (Å²) in [4.78, 5) is 17.1. The van der Waals surface area contributed by atoms with Crippen molar-refractivity contribution in [3.05, 3.63) is 24.0 Å². The molecule has 1 amide bonds. The summed E-state index contributed by atoms with van der Waals surface area (Å²) < 4.78 is 0. The molecule has 0 saturated carbocycles. The number of rotatable bonds is 6. The molecule has 17 heavy (non-hydrogen) atoms. The van der Waals surface area contributed by atoms with Crippen molar-refractivity contribution in [1.29, 1.82) is 0 Å². The van der Waals surface area contributed by atoms with Crippen LogP contribution in [-0.2, 0) is 0 Å². The van der Waals surface area contributed by atoms with E-state index in [4.69, 9.17) is 10.8 Å². The first-order valence-electron chi connectivity index (χ1n) is 5.69. The molecule has 0 atom stereocenters. The average Bonchev–Trinajstić information content (AvgIpc) is 2.29. The van der Waals surface area contributed by atoms with Crippen LogP contribution in [0.4, 0.5) is 5.69 Å². The van der Waals surface area contributed by atoms with Crippen molar-refractivity contribution >= 4 is 11.6 Å². The van der Waals surface area contributed by atoms with Crippen molar-refractivity contribution in [3.8, 4) is 0 Å². The fraction of sp³-hybridized carbons (Fsp3) is 0.500. The minimum atomic E-state index is -0.530. The Morgan fingerprint density at radius 3 is 2.82 bits per heavy atom. The Kier molecular flexibility index (Phi) is 4.90. The summed E-state index contributed by atoms with van der Waals surface area (Å²) in [5.74, 6) is -0.530. The highest BCUT2D eigenvalue weighted by Gasteiger charge is 2.12. The molecule has 1 heterocycles. The maximum Gasteiger partial charge on any atom is 0.267 e. The summed E-state index contributed by atoms with van der Waals surface area (Å²) in [6.45, 7) is 5.00. The molecule has 0 saturated heterocycles. The summed E-state index contributed by atoms with van der Waals surface area (Å²) in [6.07, 6.45) is 2.26. The number of aromatic nitrogens is 1. The predicted octanol–water partition coefficient (Wildman–Crippen LogP) is 0.778. The van der Waals surface area contributed by atoms with Gasteiger partial charge >= 0.3 is 0 Å². The van der Waals surface area contributed by atoms with Crippen molar-refractivity contribution in [3.63, 3.8) is 0 Å². The molecule has 1 rings (SSSR count). The highest BCUT2D eigenvalue weighted by atomic mass is 16.3. The van der Waals surface area contributed by atoms with Gasteiger partial charge < -0.3 is 15.7 Å². The van der Waals surface area contributed by atoms with Gasteiger partial charge in [0.2, 0.25) is 0 Å². The van der Waals surface area contributed by atoms with Gasteiger partial charge in [-0.05, 0) is 32.4 Å². The second kappa shape index (κ2) is 6.20. The van der Waals surface area contributed by atoms with Gasteiger partial charge in [0.05, 0.1) is 0 Å². The van der Waals surface area contributed by atoms with E-state index in [0.29, 0.717) is 6.42 Å². The quantitative estimate of drug-likeness (QED) is 0.766. The Morgan fingerprint density at radius 1 is 1.59 bits per heavy atom. The summed E-state index contributed by atoms with van der Waals surface area (Å²) >= 11 is 0. The predicted molar refractivity (Wildman–Crippen MR) is 66.9 cm³/mol. The van der Waals surface area contributed by atoms with E-state index in [0.717, 1.165) is 12.2 Å². The molecular weight excluding hydrogens is 218 g/mol. The third-order valence-corrected chi connectivity index (χ3v) is 2.51. The number of pyridine rings is 1. The number of nitrogens with two attached hydrogens (primary N) is 1. The minimum Gasteiger partial charge on any atom is -0.396 e. The molecule has 0 aromatic carbocycles. The topological polar surface area (TPSA) is 79.4 Å². The van der Waals surface area contributed by atoms with Crippen LogP contribution in [0.3, 0.4) is 0 Å². The summed E-state index contributed by atoms with van der Waals surface area (Å²) in [6, 6.07) is 3.80. The number of primary amides is 1. The molecule has 0 aliphatic heterocycles. The van der Waals surface area contributed by atoms with Gasteiger partial charge in [0.25, 0.3) is 5.91 Å². The van der Waals surface area contributed by atoms with Crippen LogP contribution in [0.2, 0.25) is 0 Å². The monoisotopic (exact) mass is 237 g/mol. The van der Waals surface area contributed by atoms with Crippen LogP contribution in [-0.4, -0.2) is 35.2 Å². The lowest BCUT2D eigenvalue weighted by Gasteiger charge is -2.28. The van der Waals surface area contributed by atoms with Gasteiger partial charge in [-0.25, -0.2) is 0 Å². The van der Waals surface area contributed by atoms with Crippen molar-refractivity contribution in [2.75, 3.05) is 18.1 Å². The first-order valence-corrected chi connectivity index (χ1v) is 5.69. The number of aliphatic hydroxyl groups is 1. The second-order valence-electron chi connectivity index (χ2n) is 4.13. The Bertz CT molecular complexity index is 380. The van der Waals surface area contributed by atoms with Gasteiger partial charge in [-0.15, -0.1) is 0 Å². The standard InChI is InChI=1S/C12H19N3O2/c1-9(2)15(6-3-7-16)10-4-5-14-11(8-10)12(13)17/h4-5,8-9,16H,3,6-7H2,1-2H3,(H2,13,17). The van der Waals surface area contributed by atoms with E-state index in [2.05, 4.69) is 23.7 Å². The van der Waals surface area contributed by atoms with Crippen LogP contribution < -0.4 is 10.6 Å². The van der Waals surface area contributed by atoms with Gasteiger partial charge in [0.15, 0.2) is 0 Å². The zero-order valence-electron chi connectivity index (χ0n) is 10.3. The highest BCUT2D eigenvalue weighted by molar-refractivity contribution is 5.91. The van der Waals surface area contributed by atoms with Crippen LogP contribution >= 0.6 is 0 Å². The van der Waals surface area contributed by atoms with E-state index >= 15 is 0 Å². The number of hydrogen-bond acceptors (Lipinski definition) is 4. The average molecular weight is 237 g/mol. The van der Waals surface area contributed by atoms with E-state index in [9.17, 15) is 4.79 Å². The van der Waals surface area contributed by atoms with Crippen LogP contribution in [0.5, 0.6) is 0 Å². The lowest BCUT2D eigenvalue weighted by Crippen LogP contribution is -2.32. The SMILES string of the molecule is CC(C)N(CCCO)c1ccnc(C(N)=O)c1. The number of aliphatic hydroxyl groups excluding tert-OH is 1. The van der Waals surface area contributed by atoms with E-state index in [1.165, 1.54) is 0 Å². The van der Waals surface area contributed by atoms with Crippen molar-refractivity contribution < 1.29 is 9.90 Å². The molecule has 0 aliphatic carbocycles. The molecule has 0 fully saturated rings.